The molecule has 0 aliphatic heterocycles. The second-order valence-electron chi connectivity index (χ2n) is 12.0. The molecule has 8 rings (SSSR count). The van der Waals surface area contributed by atoms with E-state index in [1.165, 1.54) is 53.1 Å². The first kappa shape index (κ1) is 48.9. The van der Waals surface area contributed by atoms with Gasteiger partial charge in [-0.15, -0.1) is 30.0 Å². The third kappa shape index (κ3) is 12.3. The molecule has 8 aromatic rings. The molecular formula is C44H41BrCl2F2N6O6. The van der Waals surface area contributed by atoms with Gasteiger partial charge in [0, 0.05) is 27.7 Å². The van der Waals surface area contributed by atoms with Crippen molar-refractivity contribution in [1.82, 2.24) is 30.0 Å². The fourth-order valence-electron chi connectivity index (χ4n) is 5.24. The molecule has 318 valence electrons. The van der Waals surface area contributed by atoms with Crippen LogP contribution in [0.15, 0.2) is 133 Å². The van der Waals surface area contributed by atoms with Crippen LogP contribution in [0.1, 0.15) is 44.3 Å². The van der Waals surface area contributed by atoms with Crippen molar-refractivity contribution in [3.05, 3.63) is 166 Å². The maximum atomic E-state index is 13.9. The van der Waals surface area contributed by atoms with Crippen LogP contribution in [0, 0.1) is 11.6 Å². The van der Waals surface area contributed by atoms with Crippen LogP contribution in [0.3, 0.4) is 0 Å². The lowest BCUT2D eigenvalue weighted by molar-refractivity contribution is -0.145. The molecule has 2 unspecified atom stereocenters. The topological polar surface area (TPSA) is 154 Å². The number of carbonyl (C=O) groups excluding carboxylic acids is 1. The SMILES string of the molecule is C.C.C.COC(=O)C(Br)c1ccc(Cl)cc1.O=C(O)C(Oc1ccc(F)cc1-n1nc2ccccc2n1)c1ccc(Cl)cc1.Oc1ccc(F)cc1-n1nc2ccccc2n1. The molecule has 0 fully saturated rings. The Labute approximate surface area is 369 Å². The molecule has 2 aromatic heterocycles. The van der Waals surface area contributed by atoms with Crippen molar-refractivity contribution in [3.8, 4) is 22.9 Å². The molecule has 0 aliphatic carbocycles. The summed E-state index contributed by atoms with van der Waals surface area (Å²) in [6.45, 7) is 0. The number of hydrogen-bond acceptors (Lipinski definition) is 9. The molecule has 0 amide bonds. The average molecular weight is 939 g/mol. The summed E-state index contributed by atoms with van der Waals surface area (Å²) in [5.41, 5.74) is 4.25. The third-order valence-electron chi connectivity index (χ3n) is 8.08. The number of methoxy groups -OCH3 is 1. The minimum atomic E-state index is -1.31. The van der Waals surface area contributed by atoms with Crippen molar-refractivity contribution in [3.63, 3.8) is 0 Å². The number of halogens is 5. The number of ether oxygens (including phenoxy) is 2. The number of aromatic nitrogens is 6. The summed E-state index contributed by atoms with van der Waals surface area (Å²) in [6, 6.07) is 35.1. The van der Waals surface area contributed by atoms with E-state index in [1.54, 1.807) is 72.8 Å². The highest BCUT2D eigenvalue weighted by atomic mass is 79.9. The number of aliphatic carboxylic acids is 1. The van der Waals surface area contributed by atoms with E-state index in [-0.39, 0.29) is 51.1 Å². The lowest BCUT2D eigenvalue weighted by Crippen LogP contribution is -2.19. The fourth-order valence-corrected chi connectivity index (χ4v) is 5.98. The average Bonchev–Trinajstić information content (AvgIpc) is 3.87. The summed E-state index contributed by atoms with van der Waals surface area (Å²) in [5.74, 6) is -2.42. The molecule has 17 heteroatoms. The Kier molecular flexibility index (Phi) is 17.9. The van der Waals surface area contributed by atoms with Crippen molar-refractivity contribution < 1.29 is 38.1 Å². The summed E-state index contributed by atoms with van der Waals surface area (Å²) in [6.07, 6.45) is -1.31. The zero-order valence-electron chi connectivity index (χ0n) is 30.0. The third-order valence-corrected chi connectivity index (χ3v) is 9.48. The summed E-state index contributed by atoms with van der Waals surface area (Å²) in [4.78, 5) is 24.9. The van der Waals surface area contributed by atoms with Gasteiger partial charge in [0.05, 0.1) is 7.11 Å². The maximum absolute atomic E-state index is 13.9. The van der Waals surface area contributed by atoms with Crippen LogP contribution in [0.2, 0.25) is 10.0 Å². The molecule has 0 radical (unpaired) electrons. The van der Waals surface area contributed by atoms with Crippen molar-refractivity contribution in [2.24, 2.45) is 0 Å². The number of benzene rings is 6. The van der Waals surface area contributed by atoms with E-state index in [0.29, 0.717) is 37.7 Å². The van der Waals surface area contributed by atoms with Crippen LogP contribution in [0.5, 0.6) is 11.5 Å². The zero-order chi connectivity index (χ0) is 41.3. The van der Waals surface area contributed by atoms with E-state index in [1.807, 2.05) is 24.3 Å². The molecular weight excluding hydrogens is 897 g/mol. The van der Waals surface area contributed by atoms with E-state index < -0.39 is 28.5 Å². The number of phenolic OH excluding ortho intramolecular Hbond substituents is 1. The first-order valence-corrected chi connectivity index (χ1v) is 18.6. The normalized spacial score (nSPS) is 11.2. The van der Waals surface area contributed by atoms with Gasteiger partial charge in [0.2, 0.25) is 6.10 Å². The Balaban J connectivity index is 0.000000259. The predicted molar refractivity (Wildman–Crippen MR) is 237 cm³/mol. The minimum Gasteiger partial charge on any atom is -0.506 e. The molecule has 61 heavy (non-hydrogen) atoms. The molecule has 2 N–H and O–H groups in total. The monoisotopic (exact) mass is 936 g/mol. The highest BCUT2D eigenvalue weighted by Gasteiger charge is 2.24. The smallest absolute Gasteiger partial charge is 0.349 e. The first-order valence-electron chi connectivity index (χ1n) is 17.0. The van der Waals surface area contributed by atoms with Gasteiger partial charge in [-0.05, 0) is 78.4 Å². The largest absolute Gasteiger partial charge is 0.506 e. The van der Waals surface area contributed by atoms with Crippen LogP contribution < -0.4 is 4.74 Å². The van der Waals surface area contributed by atoms with Gasteiger partial charge >= 0.3 is 11.9 Å². The Hall–Kier alpha value is -6.42. The van der Waals surface area contributed by atoms with Crippen LogP contribution in [-0.2, 0) is 14.3 Å². The van der Waals surface area contributed by atoms with E-state index in [4.69, 9.17) is 27.9 Å². The lowest BCUT2D eigenvalue weighted by atomic mass is 10.1. The first-order chi connectivity index (χ1) is 27.9. The van der Waals surface area contributed by atoms with E-state index in [9.17, 15) is 28.6 Å². The van der Waals surface area contributed by atoms with Crippen LogP contribution >= 0.6 is 39.1 Å². The van der Waals surface area contributed by atoms with Gasteiger partial charge < -0.3 is 19.7 Å². The molecule has 6 aromatic carbocycles. The number of phenols is 1. The van der Waals surface area contributed by atoms with Gasteiger partial charge in [-0.2, -0.15) is 0 Å². The number of esters is 1. The van der Waals surface area contributed by atoms with Crippen LogP contribution in [0.4, 0.5) is 8.78 Å². The number of carbonyl (C=O) groups is 2. The van der Waals surface area contributed by atoms with Crippen molar-refractivity contribution >= 4 is 73.1 Å². The number of rotatable bonds is 8. The molecule has 0 bridgehead atoms. The van der Waals surface area contributed by atoms with Crippen LogP contribution in [0.25, 0.3) is 33.4 Å². The molecule has 2 heterocycles. The van der Waals surface area contributed by atoms with E-state index >= 15 is 0 Å². The Morgan fingerprint density at radius 3 is 1.49 bits per heavy atom. The van der Waals surface area contributed by atoms with Gasteiger partial charge in [-0.1, -0.05) is 110 Å². The van der Waals surface area contributed by atoms with Crippen molar-refractivity contribution in [2.45, 2.75) is 33.2 Å². The van der Waals surface area contributed by atoms with Gasteiger partial charge in [-0.25, -0.2) is 13.6 Å². The number of carboxylic acid groups (broad SMARTS) is 1. The number of carboxylic acids is 1. The second kappa shape index (κ2) is 22.3. The van der Waals surface area contributed by atoms with Crippen molar-refractivity contribution in [2.75, 3.05) is 7.11 Å². The number of nitrogens with zero attached hydrogens (tertiary/aromatic N) is 6. The summed E-state index contributed by atoms with van der Waals surface area (Å²) < 4.78 is 37.3. The van der Waals surface area contributed by atoms with E-state index in [0.717, 1.165) is 5.56 Å². The van der Waals surface area contributed by atoms with Gasteiger partial charge in [0.15, 0.2) is 0 Å². The molecule has 0 spiro atoms. The number of aromatic hydroxyl groups is 1. The fraction of sp³-hybridized carbons (Fsp3) is 0.136. The Morgan fingerprint density at radius 1 is 0.639 bits per heavy atom. The summed E-state index contributed by atoms with van der Waals surface area (Å²) >= 11 is 14.8. The summed E-state index contributed by atoms with van der Waals surface area (Å²) in [7, 11) is 1.35. The van der Waals surface area contributed by atoms with Crippen LogP contribution in [-0.4, -0.2) is 59.2 Å². The summed E-state index contributed by atoms with van der Waals surface area (Å²) in [5, 5.41) is 37.3. The molecule has 2 atom stereocenters. The standard InChI is InChI=1S/C20H13ClFN3O3.C12H8FN3O.C9H8BrClO2.3CH4/c21-13-7-5-12(6-8-13)19(20(26)27)28-18-10-9-14(22)11-17(18)25-23-15-3-1-2-4-16(15)24-25;13-8-5-6-12(17)11(7-8)16-14-9-3-1-2-4-10(9)15-16;1-13-9(12)8(10)6-2-4-7(11)5-3-6;;;/h1-11,19H,(H,26,27);1-7,17H;2-5,8H,1H3;3*1H4. The van der Waals surface area contributed by atoms with Gasteiger partial charge in [0.25, 0.3) is 0 Å². The molecule has 12 nitrogen and oxygen atoms in total. The van der Waals surface area contributed by atoms with Gasteiger partial charge in [-0.3, -0.25) is 4.79 Å². The minimum absolute atomic E-state index is 0. The highest BCUT2D eigenvalue weighted by Crippen LogP contribution is 2.30. The molecule has 0 saturated heterocycles. The number of hydrogen-bond donors (Lipinski definition) is 2. The zero-order valence-corrected chi connectivity index (χ0v) is 33.1. The predicted octanol–water partition coefficient (Wildman–Crippen LogP) is 11.5. The maximum Gasteiger partial charge on any atom is 0.349 e. The van der Waals surface area contributed by atoms with E-state index in [2.05, 4.69) is 41.1 Å². The quantitative estimate of drug-likeness (QED) is 0.111. The Bertz CT molecular complexity index is 2640. The highest BCUT2D eigenvalue weighted by molar-refractivity contribution is 9.09. The van der Waals surface area contributed by atoms with Gasteiger partial charge in [0.1, 0.15) is 61.4 Å². The number of alkyl halides is 1. The molecule has 0 aliphatic rings. The second-order valence-corrected chi connectivity index (χ2v) is 13.8. The molecule has 0 saturated carbocycles. The number of fused-ring (bicyclic) bond motifs is 2. The lowest BCUT2D eigenvalue weighted by Gasteiger charge is -2.17. The van der Waals surface area contributed by atoms with Crippen molar-refractivity contribution in [1.29, 1.82) is 0 Å². The Morgan fingerprint density at radius 2 is 1.05 bits per heavy atom.